The van der Waals surface area contributed by atoms with Crippen LogP contribution >= 0.6 is 0 Å². The molecule has 0 spiro atoms. The van der Waals surface area contributed by atoms with Crippen molar-refractivity contribution < 1.29 is 18.8 Å². The van der Waals surface area contributed by atoms with Crippen LogP contribution < -0.4 is 9.47 Å². The van der Waals surface area contributed by atoms with Crippen LogP contribution in [0.3, 0.4) is 0 Å². The third kappa shape index (κ3) is 2.88. The summed E-state index contributed by atoms with van der Waals surface area (Å²) in [6, 6.07) is 7.32. The lowest BCUT2D eigenvalue weighted by molar-refractivity contribution is 0.0692. The molecule has 6 nitrogen and oxygen atoms in total. The molecule has 1 aliphatic rings. The number of amides is 1. The minimum atomic E-state index is -0.133. The highest BCUT2D eigenvalue weighted by Crippen LogP contribution is 2.39. The van der Waals surface area contributed by atoms with Crippen molar-refractivity contribution in [1.29, 1.82) is 0 Å². The van der Waals surface area contributed by atoms with E-state index in [-0.39, 0.29) is 17.7 Å². The van der Waals surface area contributed by atoms with Crippen molar-refractivity contribution >= 4 is 5.91 Å². The summed E-state index contributed by atoms with van der Waals surface area (Å²) in [5.74, 6) is 1.60. The van der Waals surface area contributed by atoms with Gasteiger partial charge in [-0.3, -0.25) is 4.79 Å². The molecule has 2 aromatic rings. The molecule has 3 rings (SSSR count). The van der Waals surface area contributed by atoms with Crippen LogP contribution in [0.4, 0.5) is 0 Å². The number of carbonyl (C=O) groups excluding carboxylic acids is 1. The zero-order valence-corrected chi connectivity index (χ0v) is 13.5. The van der Waals surface area contributed by atoms with Crippen LogP contribution in [0, 0.1) is 6.92 Å². The van der Waals surface area contributed by atoms with Crippen molar-refractivity contribution in [2.45, 2.75) is 25.8 Å². The Kier molecular flexibility index (Phi) is 4.23. The van der Waals surface area contributed by atoms with Gasteiger partial charge < -0.3 is 18.9 Å². The Morgan fingerprint density at radius 1 is 1.30 bits per heavy atom. The zero-order valence-electron chi connectivity index (χ0n) is 13.5. The molecule has 1 atom stereocenters. The van der Waals surface area contributed by atoms with Crippen molar-refractivity contribution in [3.8, 4) is 11.5 Å². The minimum Gasteiger partial charge on any atom is -0.497 e. The van der Waals surface area contributed by atoms with Crippen molar-refractivity contribution in [2.24, 2.45) is 0 Å². The molecule has 122 valence electrons. The summed E-state index contributed by atoms with van der Waals surface area (Å²) in [7, 11) is 3.24. The van der Waals surface area contributed by atoms with E-state index in [2.05, 4.69) is 5.16 Å². The number of ether oxygens (including phenoxy) is 2. The summed E-state index contributed by atoms with van der Waals surface area (Å²) < 4.78 is 15.8. The molecule has 1 saturated heterocycles. The molecule has 0 N–H and O–H groups in total. The van der Waals surface area contributed by atoms with Crippen molar-refractivity contribution in [3.05, 3.63) is 41.3 Å². The van der Waals surface area contributed by atoms with E-state index >= 15 is 0 Å². The first-order valence-electron chi connectivity index (χ1n) is 7.60. The van der Waals surface area contributed by atoms with E-state index < -0.39 is 0 Å². The first-order chi connectivity index (χ1) is 11.1. The van der Waals surface area contributed by atoms with Crippen LogP contribution in [0.15, 0.2) is 28.8 Å². The van der Waals surface area contributed by atoms with E-state index in [0.717, 1.165) is 29.9 Å². The minimum absolute atomic E-state index is 0.0336. The lowest BCUT2D eigenvalue weighted by Crippen LogP contribution is -2.30. The summed E-state index contributed by atoms with van der Waals surface area (Å²) in [5.41, 5.74) is 1.68. The monoisotopic (exact) mass is 316 g/mol. The molecule has 0 saturated carbocycles. The Morgan fingerprint density at radius 2 is 2.13 bits per heavy atom. The van der Waals surface area contributed by atoms with Gasteiger partial charge >= 0.3 is 0 Å². The molecule has 0 bridgehead atoms. The van der Waals surface area contributed by atoms with Crippen LogP contribution in [0.2, 0.25) is 0 Å². The van der Waals surface area contributed by atoms with E-state index in [0.29, 0.717) is 12.2 Å². The fraction of sp³-hybridized carbons (Fsp3) is 0.412. The first-order valence-corrected chi connectivity index (χ1v) is 7.60. The van der Waals surface area contributed by atoms with Gasteiger partial charge in [0.2, 0.25) is 5.76 Å². The maximum Gasteiger partial charge on any atom is 0.292 e. The van der Waals surface area contributed by atoms with Gasteiger partial charge in [-0.15, -0.1) is 0 Å². The number of aromatic nitrogens is 1. The van der Waals surface area contributed by atoms with Crippen LogP contribution in [-0.4, -0.2) is 36.7 Å². The van der Waals surface area contributed by atoms with E-state index in [9.17, 15) is 4.79 Å². The number of methoxy groups -OCH3 is 2. The van der Waals surface area contributed by atoms with Gasteiger partial charge in [0, 0.05) is 24.2 Å². The number of aryl methyl sites for hydroxylation is 1. The quantitative estimate of drug-likeness (QED) is 0.867. The Hall–Kier alpha value is -2.50. The van der Waals surface area contributed by atoms with Crippen LogP contribution in [0.25, 0.3) is 0 Å². The SMILES string of the molecule is COc1ccc([C@H]2CCCN2C(=O)c2cc(C)no2)c(OC)c1. The van der Waals surface area contributed by atoms with Gasteiger partial charge in [-0.25, -0.2) is 0 Å². The summed E-state index contributed by atoms with van der Waals surface area (Å²) in [5, 5.41) is 3.80. The average molecular weight is 316 g/mol. The molecule has 23 heavy (non-hydrogen) atoms. The molecular weight excluding hydrogens is 296 g/mol. The second kappa shape index (κ2) is 6.32. The van der Waals surface area contributed by atoms with Crippen molar-refractivity contribution in [1.82, 2.24) is 10.1 Å². The van der Waals surface area contributed by atoms with Crippen molar-refractivity contribution in [2.75, 3.05) is 20.8 Å². The van der Waals surface area contributed by atoms with Gasteiger partial charge in [-0.1, -0.05) is 5.16 Å². The van der Waals surface area contributed by atoms with Crippen molar-refractivity contribution in [3.63, 3.8) is 0 Å². The van der Waals surface area contributed by atoms with Gasteiger partial charge in [0.1, 0.15) is 11.5 Å². The largest absolute Gasteiger partial charge is 0.497 e. The molecule has 1 amide bonds. The molecule has 1 aliphatic heterocycles. The highest BCUT2D eigenvalue weighted by Gasteiger charge is 2.34. The number of rotatable bonds is 4. The summed E-state index contributed by atoms with van der Waals surface area (Å²) in [6.45, 7) is 2.49. The molecule has 0 radical (unpaired) electrons. The number of hydrogen-bond donors (Lipinski definition) is 0. The number of benzene rings is 1. The fourth-order valence-electron chi connectivity index (χ4n) is 3.03. The Bertz CT molecular complexity index is 710. The maximum atomic E-state index is 12.7. The number of carbonyl (C=O) groups is 1. The molecular formula is C17H20N2O4. The van der Waals surface area contributed by atoms with Gasteiger partial charge in [0.15, 0.2) is 0 Å². The molecule has 0 unspecified atom stereocenters. The third-order valence-electron chi connectivity index (χ3n) is 4.15. The third-order valence-corrected chi connectivity index (χ3v) is 4.15. The van der Waals surface area contributed by atoms with Crippen LogP contribution in [0.5, 0.6) is 11.5 Å². The van der Waals surface area contributed by atoms with Gasteiger partial charge in [-0.05, 0) is 31.9 Å². The summed E-state index contributed by atoms with van der Waals surface area (Å²) in [6.07, 6.45) is 1.83. The zero-order chi connectivity index (χ0) is 16.4. The highest BCUT2D eigenvalue weighted by molar-refractivity contribution is 5.92. The van der Waals surface area contributed by atoms with E-state index in [1.807, 2.05) is 23.1 Å². The van der Waals surface area contributed by atoms with E-state index in [1.165, 1.54) is 0 Å². The predicted molar refractivity (Wildman–Crippen MR) is 83.8 cm³/mol. The molecule has 1 fully saturated rings. The number of nitrogens with zero attached hydrogens (tertiary/aromatic N) is 2. The average Bonchev–Trinajstić information content (AvgIpc) is 3.22. The summed E-state index contributed by atoms with van der Waals surface area (Å²) in [4.78, 5) is 14.5. The van der Waals surface area contributed by atoms with E-state index in [4.69, 9.17) is 14.0 Å². The van der Waals surface area contributed by atoms with Gasteiger partial charge in [0.25, 0.3) is 5.91 Å². The van der Waals surface area contributed by atoms with Crippen LogP contribution in [-0.2, 0) is 0 Å². The lowest BCUT2D eigenvalue weighted by atomic mass is 10.0. The topological polar surface area (TPSA) is 64.8 Å². The molecule has 6 heteroatoms. The van der Waals surface area contributed by atoms with Gasteiger partial charge in [0.05, 0.1) is 26.0 Å². The molecule has 1 aromatic heterocycles. The predicted octanol–water partition coefficient (Wildman–Crippen LogP) is 2.98. The smallest absolute Gasteiger partial charge is 0.292 e. The van der Waals surface area contributed by atoms with Gasteiger partial charge in [-0.2, -0.15) is 0 Å². The normalized spacial score (nSPS) is 17.3. The second-order valence-electron chi connectivity index (χ2n) is 5.60. The molecule has 1 aromatic carbocycles. The Labute approximate surface area is 135 Å². The van der Waals surface area contributed by atoms with Crippen LogP contribution in [0.1, 0.15) is 40.7 Å². The molecule has 0 aliphatic carbocycles. The summed E-state index contributed by atoms with van der Waals surface area (Å²) >= 11 is 0. The Balaban J connectivity index is 1.91. The molecule has 2 heterocycles. The Morgan fingerprint density at radius 3 is 2.78 bits per heavy atom. The second-order valence-corrected chi connectivity index (χ2v) is 5.60. The maximum absolute atomic E-state index is 12.7. The lowest BCUT2D eigenvalue weighted by Gasteiger charge is -2.25. The number of likely N-dealkylation sites (tertiary alicyclic amines) is 1. The number of hydrogen-bond acceptors (Lipinski definition) is 5. The van der Waals surface area contributed by atoms with E-state index in [1.54, 1.807) is 27.2 Å². The fourth-order valence-corrected chi connectivity index (χ4v) is 3.03. The highest BCUT2D eigenvalue weighted by atomic mass is 16.5. The first kappa shape index (κ1) is 15.4. The standard InChI is InChI=1S/C17H20N2O4/c1-11-9-16(23-18-11)17(20)19-8-4-5-14(19)13-7-6-12(21-2)10-15(13)22-3/h6-7,9-10,14H,4-5,8H2,1-3H3/t14-/m1/s1.